The van der Waals surface area contributed by atoms with Crippen molar-refractivity contribution < 1.29 is 4.79 Å². The van der Waals surface area contributed by atoms with Crippen LogP contribution in [0.3, 0.4) is 0 Å². The number of halogens is 1. The van der Waals surface area contributed by atoms with Crippen molar-refractivity contribution in [1.29, 1.82) is 0 Å². The number of alkyl halides is 1. The highest BCUT2D eigenvalue weighted by molar-refractivity contribution is 9.09. The topological polar surface area (TPSA) is 54.9 Å². The van der Waals surface area contributed by atoms with E-state index in [2.05, 4.69) is 44.7 Å². The van der Waals surface area contributed by atoms with Crippen LogP contribution in [0.25, 0.3) is 0 Å². The molecule has 6 heteroatoms. The van der Waals surface area contributed by atoms with Crippen molar-refractivity contribution in [2.75, 3.05) is 5.33 Å². The van der Waals surface area contributed by atoms with Crippen LogP contribution < -0.4 is 5.32 Å². The van der Waals surface area contributed by atoms with Crippen LogP contribution in [0, 0.1) is 12.8 Å². The minimum absolute atomic E-state index is 0.0628. The Morgan fingerprint density at radius 2 is 2.25 bits per heavy atom. The van der Waals surface area contributed by atoms with E-state index in [0.717, 1.165) is 23.3 Å². The second-order valence-corrected chi connectivity index (χ2v) is 5.54. The van der Waals surface area contributed by atoms with Crippen molar-refractivity contribution in [3.63, 3.8) is 0 Å². The van der Waals surface area contributed by atoms with E-state index in [4.69, 9.17) is 0 Å². The Balaban J connectivity index is 2.65. The molecule has 0 spiro atoms. The first kappa shape index (κ1) is 13.6. The molecule has 1 unspecified atom stereocenters. The predicted octanol–water partition coefficient (Wildman–Crippen LogP) is 2.39. The van der Waals surface area contributed by atoms with Gasteiger partial charge in [-0.05, 0) is 30.8 Å². The van der Waals surface area contributed by atoms with Crippen LogP contribution in [0.4, 0.5) is 0 Å². The monoisotopic (exact) mass is 305 g/mol. The highest BCUT2D eigenvalue weighted by atomic mass is 79.9. The Morgan fingerprint density at radius 1 is 1.56 bits per heavy atom. The molecule has 0 fully saturated rings. The zero-order valence-corrected chi connectivity index (χ0v) is 12.1. The number of aromatic nitrogens is 2. The number of carbonyl (C=O) groups excluding carboxylic acids is 1. The molecule has 0 aliphatic carbocycles. The van der Waals surface area contributed by atoms with Crippen LogP contribution >= 0.6 is 27.5 Å². The molecule has 0 radical (unpaired) electrons. The molecular formula is C10H16BrN3OS. The largest absolute Gasteiger partial charge is 0.348 e. The van der Waals surface area contributed by atoms with Gasteiger partial charge < -0.3 is 5.32 Å². The summed E-state index contributed by atoms with van der Waals surface area (Å²) >= 11 is 4.54. The molecule has 1 amide bonds. The summed E-state index contributed by atoms with van der Waals surface area (Å²) in [5, 5.41) is 7.74. The second-order valence-electron chi connectivity index (χ2n) is 3.99. The Hall–Kier alpha value is -0.490. The van der Waals surface area contributed by atoms with Crippen molar-refractivity contribution in [1.82, 2.24) is 14.9 Å². The summed E-state index contributed by atoms with van der Waals surface area (Å²) in [5.74, 6) is 0.356. The zero-order valence-electron chi connectivity index (χ0n) is 9.66. The summed E-state index contributed by atoms with van der Waals surface area (Å²) in [6.07, 6.45) is 0.925. The van der Waals surface area contributed by atoms with Gasteiger partial charge in [0.25, 0.3) is 5.91 Å². The second kappa shape index (κ2) is 6.30. The van der Waals surface area contributed by atoms with Gasteiger partial charge in [0.15, 0.2) is 0 Å². The van der Waals surface area contributed by atoms with Crippen LogP contribution in [0.1, 0.15) is 35.6 Å². The first-order valence-electron chi connectivity index (χ1n) is 5.22. The van der Waals surface area contributed by atoms with Gasteiger partial charge in [-0.3, -0.25) is 4.79 Å². The molecule has 0 saturated heterocycles. The molecule has 90 valence electrons. The van der Waals surface area contributed by atoms with Crippen molar-refractivity contribution in [2.45, 2.75) is 33.2 Å². The summed E-state index contributed by atoms with van der Waals surface area (Å²) in [5.41, 5.74) is 0.698. The fraction of sp³-hybridized carbons (Fsp3) is 0.700. The molecule has 1 aromatic rings. The summed E-state index contributed by atoms with van der Waals surface area (Å²) in [7, 11) is 0. The lowest BCUT2D eigenvalue weighted by Crippen LogP contribution is -2.38. The van der Waals surface area contributed by atoms with E-state index in [1.807, 2.05) is 0 Å². The third-order valence-corrected chi connectivity index (χ3v) is 3.68. The Bertz CT molecular complexity index is 354. The smallest absolute Gasteiger partial charge is 0.265 e. The highest BCUT2D eigenvalue weighted by Crippen LogP contribution is 2.12. The van der Waals surface area contributed by atoms with Crippen molar-refractivity contribution in [3.05, 3.63) is 10.6 Å². The summed E-state index contributed by atoms with van der Waals surface area (Å²) in [4.78, 5) is 12.5. The maximum Gasteiger partial charge on any atom is 0.265 e. The van der Waals surface area contributed by atoms with Crippen molar-refractivity contribution >= 4 is 33.4 Å². The fourth-order valence-corrected chi connectivity index (χ4v) is 2.42. The van der Waals surface area contributed by atoms with Crippen LogP contribution in [0.5, 0.6) is 0 Å². The Labute approximate surface area is 108 Å². The predicted molar refractivity (Wildman–Crippen MR) is 69.1 cm³/mol. The maximum atomic E-state index is 11.9. The molecule has 1 rings (SSSR count). The van der Waals surface area contributed by atoms with Crippen molar-refractivity contribution in [2.24, 2.45) is 5.92 Å². The molecule has 0 aromatic carbocycles. The molecule has 0 aliphatic rings. The third kappa shape index (κ3) is 3.52. The number of nitrogens with one attached hydrogen (secondary N) is 1. The normalized spacial score (nSPS) is 12.8. The van der Waals surface area contributed by atoms with Gasteiger partial charge in [-0.1, -0.05) is 34.3 Å². The quantitative estimate of drug-likeness (QED) is 0.850. The molecule has 4 nitrogen and oxygen atoms in total. The van der Waals surface area contributed by atoms with E-state index in [1.54, 1.807) is 6.92 Å². The van der Waals surface area contributed by atoms with Gasteiger partial charge >= 0.3 is 0 Å². The lowest BCUT2D eigenvalue weighted by Gasteiger charge is -2.21. The minimum Gasteiger partial charge on any atom is -0.348 e. The van der Waals surface area contributed by atoms with E-state index in [1.165, 1.54) is 0 Å². The van der Waals surface area contributed by atoms with Gasteiger partial charge in [-0.25, -0.2) is 0 Å². The molecule has 0 saturated carbocycles. The van der Waals surface area contributed by atoms with Crippen LogP contribution in [-0.4, -0.2) is 26.9 Å². The summed E-state index contributed by atoms with van der Waals surface area (Å²) in [6, 6.07) is 0.188. The third-order valence-electron chi connectivity index (χ3n) is 2.40. The van der Waals surface area contributed by atoms with Gasteiger partial charge in [-0.2, -0.15) is 0 Å². The Morgan fingerprint density at radius 3 is 2.69 bits per heavy atom. The molecule has 16 heavy (non-hydrogen) atoms. The number of rotatable bonds is 5. The number of amides is 1. The lowest BCUT2D eigenvalue weighted by molar-refractivity contribution is 0.0928. The van der Waals surface area contributed by atoms with E-state index >= 15 is 0 Å². The number of nitrogens with zero attached hydrogens (tertiary/aromatic N) is 2. The molecule has 0 aliphatic heterocycles. The first-order valence-corrected chi connectivity index (χ1v) is 7.11. The summed E-state index contributed by atoms with van der Waals surface area (Å²) < 4.78 is 3.76. The SMILES string of the molecule is Cc1nnsc1C(=O)NC(CCBr)C(C)C. The van der Waals surface area contributed by atoms with Crippen LogP contribution in [0.15, 0.2) is 0 Å². The van der Waals surface area contributed by atoms with E-state index in [9.17, 15) is 4.79 Å². The van der Waals surface area contributed by atoms with Gasteiger partial charge in [0.2, 0.25) is 0 Å². The van der Waals surface area contributed by atoms with Crippen LogP contribution in [-0.2, 0) is 0 Å². The van der Waals surface area contributed by atoms with Gasteiger partial charge in [0.1, 0.15) is 4.88 Å². The molecule has 1 aromatic heterocycles. The van der Waals surface area contributed by atoms with E-state index in [-0.39, 0.29) is 11.9 Å². The highest BCUT2D eigenvalue weighted by Gasteiger charge is 2.19. The zero-order chi connectivity index (χ0) is 12.1. The fourth-order valence-electron chi connectivity index (χ4n) is 1.36. The molecule has 1 N–H and O–H groups in total. The maximum absolute atomic E-state index is 11.9. The first-order chi connectivity index (χ1) is 7.56. The lowest BCUT2D eigenvalue weighted by atomic mass is 10.0. The van der Waals surface area contributed by atoms with E-state index < -0.39 is 0 Å². The van der Waals surface area contributed by atoms with Crippen molar-refractivity contribution in [3.8, 4) is 0 Å². The van der Waals surface area contributed by atoms with Gasteiger partial charge in [0.05, 0.1) is 5.69 Å². The van der Waals surface area contributed by atoms with Crippen LogP contribution in [0.2, 0.25) is 0 Å². The number of carbonyl (C=O) groups is 1. The number of hydrogen-bond donors (Lipinski definition) is 1. The minimum atomic E-state index is -0.0628. The average Bonchev–Trinajstić information content (AvgIpc) is 2.63. The summed E-state index contributed by atoms with van der Waals surface area (Å²) in [6.45, 7) is 6.00. The molecule has 0 bridgehead atoms. The molecular weight excluding hydrogens is 290 g/mol. The average molecular weight is 306 g/mol. The van der Waals surface area contributed by atoms with Gasteiger partial charge in [-0.15, -0.1) is 5.10 Å². The standard InChI is InChI=1S/C10H16BrN3OS/c1-6(2)8(4-5-11)12-10(15)9-7(3)13-14-16-9/h6,8H,4-5H2,1-3H3,(H,12,15). The number of hydrogen-bond acceptors (Lipinski definition) is 4. The molecule has 1 heterocycles. The molecule has 1 atom stereocenters. The number of aryl methyl sites for hydroxylation is 1. The van der Waals surface area contributed by atoms with E-state index in [0.29, 0.717) is 16.5 Å². The Kier molecular flexibility index (Phi) is 5.34. The van der Waals surface area contributed by atoms with Gasteiger partial charge in [0, 0.05) is 11.4 Å².